The molecule has 1 N–H and O–H groups in total. The second kappa shape index (κ2) is 13.5. The van der Waals surface area contributed by atoms with E-state index in [1.165, 1.54) is 63.7 Å². The van der Waals surface area contributed by atoms with E-state index in [0.717, 1.165) is 56.7 Å². The Morgan fingerprint density at radius 1 is 0.875 bits per heavy atom. The van der Waals surface area contributed by atoms with Crippen LogP contribution in [0, 0.1) is 0 Å². The number of nitrogens with one attached hydrogen (secondary N) is 1. The number of likely N-dealkylation sites (tertiary alicyclic amines) is 1. The molecule has 0 aromatic heterocycles. The summed E-state index contributed by atoms with van der Waals surface area (Å²) in [7, 11) is 5.26. The molecule has 32 heavy (non-hydrogen) atoms. The van der Waals surface area contributed by atoms with E-state index in [1.54, 1.807) is 14.2 Å². The number of aliphatic imine (C=N–C) groups is 1. The number of methoxy groups -OCH3 is 2. The Labute approximate surface area is 194 Å². The number of hydrogen-bond donors (Lipinski definition) is 1. The quantitative estimate of drug-likeness (QED) is 0.339. The van der Waals surface area contributed by atoms with E-state index < -0.39 is 0 Å². The van der Waals surface area contributed by atoms with Crippen molar-refractivity contribution >= 4 is 5.96 Å². The molecule has 0 atom stereocenters. The predicted molar refractivity (Wildman–Crippen MR) is 132 cm³/mol. The molecule has 0 spiro atoms. The minimum absolute atomic E-state index is 0.780. The number of piperidine rings is 1. The molecule has 1 aromatic carbocycles. The van der Waals surface area contributed by atoms with Gasteiger partial charge in [-0.25, -0.2) is 0 Å². The molecule has 3 rings (SSSR count). The predicted octanol–water partition coefficient (Wildman–Crippen LogP) is 3.05. The van der Waals surface area contributed by atoms with Crippen molar-refractivity contribution in [2.45, 2.75) is 45.1 Å². The summed E-state index contributed by atoms with van der Waals surface area (Å²) < 4.78 is 10.8. The molecule has 0 amide bonds. The monoisotopic (exact) mass is 445 g/mol. The average molecular weight is 446 g/mol. The van der Waals surface area contributed by atoms with E-state index in [1.807, 2.05) is 13.1 Å². The van der Waals surface area contributed by atoms with Crippen molar-refractivity contribution in [1.29, 1.82) is 0 Å². The van der Waals surface area contributed by atoms with Gasteiger partial charge in [-0.2, -0.15) is 0 Å². The lowest BCUT2D eigenvalue weighted by Crippen LogP contribution is -2.52. The molecular formula is C25H43N5O2. The van der Waals surface area contributed by atoms with Gasteiger partial charge in [0.2, 0.25) is 0 Å². The minimum atomic E-state index is 0.780. The first-order valence-electron chi connectivity index (χ1n) is 12.3. The topological polar surface area (TPSA) is 52.6 Å². The number of rotatable bonds is 10. The molecule has 0 aliphatic carbocycles. The Kier molecular flexibility index (Phi) is 10.4. The summed E-state index contributed by atoms with van der Waals surface area (Å²) in [5.74, 6) is 2.62. The molecule has 7 heteroatoms. The van der Waals surface area contributed by atoms with Crippen LogP contribution in [0.1, 0.15) is 44.1 Å². The number of nitrogens with zero attached hydrogens (tertiary/aromatic N) is 4. The van der Waals surface area contributed by atoms with E-state index in [0.29, 0.717) is 0 Å². The van der Waals surface area contributed by atoms with Crippen LogP contribution < -0.4 is 14.8 Å². The molecule has 2 aliphatic rings. The zero-order valence-corrected chi connectivity index (χ0v) is 20.4. The molecule has 0 saturated carbocycles. The minimum Gasteiger partial charge on any atom is -0.493 e. The summed E-state index contributed by atoms with van der Waals surface area (Å²) in [6, 6.07) is 6.19. The van der Waals surface area contributed by atoms with Gasteiger partial charge in [0.15, 0.2) is 17.5 Å². The molecule has 2 aliphatic heterocycles. The lowest BCUT2D eigenvalue weighted by molar-refractivity contribution is 0.172. The van der Waals surface area contributed by atoms with Crippen molar-refractivity contribution in [3.8, 4) is 11.5 Å². The zero-order chi connectivity index (χ0) is 22.6. The highest BCUT2D eigenvalue weighted by Crippen LogP contribution is 2.28. The van der Waals surface area contributed by atoms with Gasteiger partial charge >= 0.3 is 0 Å². The first-order valence-corrected chi connectivity index (χ1v) is 12.3. The van der Waals surface area contributed by atoms with E-state index in [9.17, 15) is 0 Å². The molecule has 2 fully saturated rings. The highest BCUT2D eigenvalue weighted by molar-refractivity contribution is 5.79. The first-order chi connectivity index (χ1) is 15.7. The van der Waals surface area contributed by atoms with Crippen LogP contribution in [-0.2, 0) is 6.54 Å². The van der Waals surface area contributed by atoms with Crippen LogP contribution in [0.4, 0.5) is 0 Å². The SMILES string of the molecule is CN=C(NCCCCCN1CCCCC1)N1CCN(Cc2ccc(OC)c(OC)c2)CC1. The normalized spacial score (nSPS) is 18.6. The molecule has 7 nitrogen and oxygen atoms in total. The van der Waals surface area contributed by atoms with Crippen LogP contribution in [0.5, 0.6) is 11.5 Å². The van der Waals surface area contributed by atoms with E-state index >= 15 is 0 Å². The molecule has 2 saturated heterocycles. The summed E-state index contributed by atoms with van der Waals surface area (Å²) in [6.07, 6.45) is 8.02. The van der Waals surface area contributed by atoms with Gasteiger partial charge in [0.1, 0.15) is 0 Å². The Morgan fingerprint density at radius 2 is 1.62 bits per heavy atom. The van der Waals surface area contributed by atoms with Gasteiger partial charge in [-0.15, -0.1) is 0 Å². The lowest BCUT2D eigenvalue weighted by Gasteiger charge is -2.36. The highest BCUT2D eigenvalue weighted by Gasteiger charge is 2.20. The third-order valence-corrected chi connectivity index (χ3v) is 6.62. The second-order valence-corrected chi connectivity index (χ2v) is 8.89. The van der Waals surface area contributed by atoms with Crippen molar-refractivity contribution in [2.24, 2.45) is 4.99 Å². The average Bonchev–Trinajstić information content (AvgIpc) is 2.85. The first kappa shape index (κ1) is 24.6. The fraction of sp³-hybridized carbons (Fsp3) is 0.720. The van der Waals surface area contributed by atoms with Crippen LogP contribution >= 0.6 is 0 Å². The second-order valence-electron chi connectivity index (χ2n) is 8.89. The molecule has 0 bridgehead atoms. The number of guanidine groups is 1. The van der Waals surface area contributed by atoms with E-state index in [-0.39, 0.29) is 0 Å². The smallest absolute Gasteiger partial charge is 0.193 e. The standard InChI is InChI=1S/C25H43N5O2/c1-26-25(27-12-6-4-7-13-28-14-8-5-9-15-28)30-18-16-29(17-19-30)21-22-10-11-23(31-2)24(20-22)32-3/h10-11,20H,4-9,12-19,21H2,1-3H3,(H,26,27). The van der Waals surface area contributed by atoms with Gasteiger partial charge < -0.3 is 24.6 Å². The largest absolute Gasteiger partial charge is 0.493 e. The van der Waals surface area contributed by atoms with Gasteiger partial charge in [0, 0.05) is 46.3 Å². The van der Waals surface area contributed by atoms with Gasteiger partial charge in [-0.1, -0.05) is 18.9 Å². The van der Waals surface area contributed by atoms with Crippen LogP contribution in [0.2, 0.25) is 0 Å². The van der Waals surface area contributed by atoms with Gasteiger partial charge in [0.05, 0.1) is 14.2 Å². The van der Waals surface area contributed by atoms with Crippen molar-refractivity contribution < 1.29 is 9.47 Å². The maximum atomic E-state index is 5.44. The summed E-state index contributed by atoms with van der Waals surface area (Å²) in [4.78, 5) is 12.0. The molecule has 2 heterocycles. The summed E-state index contributed by atoms with van der Waals surface area (Å²) in [5.41, 5.74) is 1.25. The number of ether oxygens (including phenoxy) is 2. The third-order valence-electron chi connectivity index (χ3n) is 6.62. The van der Waals surface area contributed by atoms with Crippen molar-refractivity contribution in [3.63, 3.8) is 0 Å². The number of benzene rings is 1. The van der Waals surface area contributed by atoms with Crippen LogP contribution in [0.25, 0.3) is 0 Å². The lowest BCUT2D eigenvalue weighted by atomic mass is 10.1. The molecular weight excluding hydrogens is 402 g/mol. The summed E-state index contributed by atoms with van der Waals surface area (Å²) in [5, 5.41) is 3.58. The maximum Gasteiger partial charge on any atom is 0.193 e. The fourth-order valence-electron chi connectivity index (χ4n) is 4.71. The van der Waals surface area contributed by atoms with Crippen LogP contribution in [0.15, 0.2) is 23.2 Å². The maximum absolute atomic E-state index is 5.44. The van der Waals surface area contributed by atoms with Crippen molar-refractivity contribution in [1.82, 2.24) is 20.0 Å². The Bertz CT molecular complexity index is 698. The van der Waals surface area contributed by atoms with Gasteiger partial charge in [0.25, 0.3) is 0 Å². The van der Waals surface area contributed by atoms with Crippen LogP contribution in [0.3, 0.4) is 0 Å². The highest BCUT2D eigenvalue weighted by atomic mass is 16.5. The number of hydrogen-bond acceptors (Lipinski definition) is 5. The summed E-state index contributed by atoms with van der Waals surface area (Å²) in [6.45, 7) is 9.90. The molecule has 180 valence electrons. The van der Waals surface area contributed by atoms with Crippen molar-refractivity contribution in [3.05, 3.63) is 23.8 Å². The van der Waals surface area contributed by atoms with Gasteiger partial charge in [-0.05, 0) is 63.0 Å². The third kappa shape index (κ3) is 7.55. The molecule has 0 unspecified atom stereocenters. The van der Waals surface area contributed by atoms with Crippen molar-refractivity contribution in [2.75, 3.05) is 73.6 Å². The number of piperazine rings is 1. The summed E-state index contributed by atoms with van der Waals surface area (Å²) >= 11 is 0. The Hall–Kier alpha value is -1.99. The zero-order valence-electron chi connectivity index (χ0n) is 20.4. The van der Waals surface area contributed by atoms with E-state index in [2.05, 4.69) is 37.1 Å². The Morgan fingerprint density at radius 3 is 2.31 bits per heavy atom. The number of unbranched alkanes of at least 4 members (excludes halogenated alkanes) is 2. The molecule has 1 aromatic rings. The molecule has 0 radical (unpaired) electrons. The van der Waals surface area contributed by atoms with E-state index in [4.69, 9.17) is 9.47 Å². The van der Waals surface area contributed by atoms with Crippen LogP contribution in [-0.4, -0.2) is 94.3 Å². The Balaban J connectivity index is 1.32. The fourth-order valence-corrected chi connectivity index (χ4v) is 4.71. The van der Waals surface area contributed by atoms with Gasteiger partial charge in [-0.3, -0.25) is 9.89 Å².